The summed E-state index contributed by atoms with van der Waals surface area (Å²) < 4.78 is 36.4. The van der Waals surface area contributed by atoms with E-state index in [9.17, 15) is 12.8 Å². The summed E-state index contributed by atoms with van der Waals surface area (Å²) in [5.41, 5.74) is 0.306. The Morgan fingerprint density at radius 2 is 1.94 bits per heavy atom. The topological polar surface area (TPSA) is 47.0 Å². The molecule has 88 valence electrons. The fourth-order valence-electron chi connectivity index (χ4n) is 1.50. The maximum atomic E-state index is 13.7. The summed E-state index contributed by atoms with van der Waals surface area (Å²) in [5.74, 6) is -0.653. The van der Waals surface area contributed by atoms with E-state index in [-0.39, 0.29) is 10.5 Å². The molecule has 0 fully saturated rings. The molecule has 0 aliphatic heterocycles. The summed E-state index contributed by atoms with van der Waals surface area (Å²) in [6.07, 6.45) is 2.89. The first-order valence-electron chi connectivity index (χ1n) is 4.64. The lowest BCUT2D eigenvalue weighted by molar-refractivity contribution is 0.604. The molecule has 1 heterocycles. The second kappa shape index (κ2) is 4.43. The van der Waals surface area contributed by atoms with Crippen molar-refractivity contribution in [3.63, 3.8) is 0 Å². The molecule has 0 unspecified atom stereocenters. The molecular formula is C11H7ClFNO2S. The smallest absolute Gasteiger partial charge is 0.262 e. The van der Waals surface area contributed by atoms with Crippen LogP contribution in [-0.4, -0.2) is 13.4 Å². The standard InChI is InChI=1S/C11H7ClFNO2S/c12-17(15,16)10-5-1-4-9(13)11(10)8-3-2-6-14-7-8/h1-7H. The van der Waals surface area contributed by atoms with Gasteiger partial charge < -0.3 is 0 Å². The van der Waals surface area contributed by atoms with Crippen molar-refractivity contribution in [1.29, 1.82) is 0 Å². The molecule has 17 heavy (non-hydrogen) atoms. The molecule has 1 aromatic carbocycles. The number of benzene rings is 1. The van der Waals surface area contributed by atoms with Gasteiger partial charge in [0.1, 0.15) is 5.82 Å². The van der Waals surface area contributed by atoms with Crippen LogP contribution in [-0.2, 0) is 9.05 Å². The number of hydrogen-bond acceptors (Lipinski definition) is 3. The Hall–Kier alpha value is -1.46. The maximum absolute atomic E-state index is 13.7. The first-order chi connectivity index (χ1) is 8.00. The zero-order valence-electron chi connectivity index (χ0n) is 8.47. The lowest BCUT2D eigenvalue weighted by atomic mass is 10.1. The lowest BCUT2D eigenvalue weighted by Crippen LogP contribution is -1.97. The zero-order chi connectivity index (χ0) is 12.5. The Morgan fingerprint density at radius 1 is 1.18 bits per heavy atom. The summed E-state index contributed by atoms with van der Waals surface area (Å²) in [6, 6.07) is 6.88. The summed E-state index contributed by atoms with van der Waals surface area (Å²) in [5, 5.41) is 0. The molecule has 0 saturated heterocycles. The molecule has 2 rings (SSSR count). The molecule has 0 spiro atoms. The number of aromatic nitrogens is 1. The molecule has 6 heteroatoms. The molecule has 1 aromatic heterocycles. The molecule has 3 nitrogen and oxygen atoms in total. The van der Waals surface area contributed by atoms with Crippen LogP contribution in [0.2, 0.25) is 0 Å². The molecule has 0 amide bonds. The van der Waals surface area contributed by atoms with Crippen LogP contribution >= 0.6 is 10.7 Å². The van der Waals surface area contributed by atoms with E-state index in [1.165, 1.54) is 30.6 Å². The van der Waals surface area contributed by atoms with Crippen LogP contribution in [0.4, 0.5) is 4.39 Å². The van der Waals surface area contributed by atoms with Crippen LogP contribution in [0.3, 0.4) is 0 Å². The molecule has 0 N–H and O–H groups in total. The second-order valence-corrected chi connectivity index (χ2v) is 5.83. The monoisotopic (exact) mass is 271 g/mol. The minimum Gasteiger partial charge on any atom is -0.264 e. The second-order valence-electron chi connectivity index (χ2n) is 3.29. The lowest BCUT2D eigenvalue weighted by Gasteiger charge is -2.07. The Balaban J connectivity index is 2.78. The van der Waals surface area contributed by atoms with E-state index in [1.807, 2.05) is 0 Å². The Labute approximate surface area is 102 Å². The van der Waals surface area contributed by atoms with Crippen LogP contribution in [0, 0.1) is 5.82 Å². The number of pyridine rings is 1. The Morgan fingerprint density at radius 3 is 2.53 bits per heavy atom. The zero-order valence-corrected chi connectivity index (χ0v) is 10.0. The van der Waals surface area contributed by atoms with Gasteiger partial charge in [0.05, 0.1) is 4.90 Å². The summed E-state index contributed by atoms with van der Waals surface area (Å²) in [4.78, 5) is 3.56. The first-order valence-corrected chi connectivity index (χ1v) is 6.94. The summed E-state index contributed by atoms with van der Waals surface area (Å²) in [6.45, 7) is 0. The van der Waals surface area contributed by atoms with Crippen LogP contribution < -0.4 is 0 Å². The highest BCUT2D eigenvalue weighted by Crippen LogP contribution is 2.31. The van der Waals surface area contributed by atoms with Gasteiger partial charge in [-0.1, -0.05) is 12.1 Å². The molecule has 0 saturated carbocycles. The normalized spacial score (nSPS) is 11.4. The molecule has 2 aromatic rings. The fraction of sp³-hybridized carbons (Fsp3) is 0. The predicted octanol–water partition coefficient (Wildman–Crippen LogP) is 2.82. The summed E-state index contributed by atoms with van der Waals surface area (Å²) >= 11 is 0. The van der Waals surface area contributed by atoms with Crippen molar-refractivity contribution in [2.24, 2.45) is 0 Å². The van der Waals surface area contributed by atoms with Crippen molar-refractivity contribution >= 4 is 19.7 Å². The highest BCUT2D eigenvalue weighted by atomic mass is 35.7. The molecule has 0 bridgehead atoms. The number of hydrogen-bond donors (Lipinski definition) is 0. The number of rotatable bonds is 2. The van der Waals surface area contributed by atoms with Crippen LogP contribution in [0.15, 0.2) is 47.6 Å². The SMILES string of the molecule is O=S(=O)(Cl)c1cccc(F)c1-c1cccnc1. The number of nitrogens with zero attached hydrogens (tertiary/aromatic N) is 1. The Bertz CT molecular complexity index is 644. The summed E-state index contributed by atoms with van der Waals surface area (Å²) in [7, 11) is 1.27. The van der Waals surface area contributed by atoms with E-state index in [4.69, 9.17) is 10.7 Å². The van der Waals surface area contributed by atoms with Gasteiger partial charge in [0, 0.05) is 34.2 Å². The van der Waals surface area contributed by atoms with Gasteiger partial charge in [-0.25, -0.2) is 12.8 Å². The van der Waals surface area contributed by atoms with Gasteiger partial charge in [-0.15, -0.1) is 0 Å². The van der Waals surface area contributed by atoms with E-state index in [1.54, 1.807) is 12.1 Å². The van der Waals surface area contributed by atoms with Gasteiger partial charge in [0.2, 0.25) is 0 Å². The predicted molar refractivity (Wildman–Crippen MR) is 62.7 cm³/mol. The van der Waals surface area contributed by atoms with Gasteiger partial charge in [-0.05, 0) is 18.2 Å². The van der Waals surface area contributed by atoms with Crippen molar-refractivity contribution in [3.05, 3.63) is 48.5 Å². The third-order valence-electron chi connectivity index (χ3n) is 2.19. The van der Waals surface area contributed by atoms with Gasteiger partial charge in [-0.2, -0.15) is 0 Å². The molecular weight excluding hydrogens is 265 g/mol. The van der Waals surface area contributed by atoms with Gasteiger partial charge in [0.15, 0.2) is 0 Å². The quantitative estimate of drug-likeness (QED) is 0.789. The highest BCUT2D eigenvalue weighted by molar-refractivity contribution is 8.13. The van der Waals surface area contributed by atoms with E-state index >= 15 is 0 Å². The number of halogens is 2. The maximum Gasteiger partial charge on any atom is 0.262 e. The fourth-order valence-corrected chi connectivity index (χ4v) is 2.58. The van der Waals surface area contributed by atoms with Crippen molar-refractivity contribution < 1.29 is 12.8 Å². The first kappa shape index (κ1) is 12.0. The van der Waals surface area contributed by atoms with E-state index in [0.29, 0.717) is 5.56 Å². The average Bonchev–Trinajstić information content (AvgIpc) is 2.28. The van der Waals surface area contributed by atoms with E-state index < -0.39 is 14.9 Å². The van der Waals surface area contributed by atoms with Crippen molar-refractivity contribution in [2.75, 3.05) is 0 Å². The van der Waals surface area contributed by atoms with Crippen LogP contribution in [0.25, 0.3) is 11.1 Å². The van der Waals surface area contributed by atoms with Crippen molar-refractivity contribution in [1.82, 2.24) is 4.98 Å². The van der Waals surface area contributed by atoms with Gasteiger partial charge in [-0.3, -0.25) is 4.98 Å². The van der Waals surface area contributed by atoms with Gasteiger partial charge in [0.25, 0.3) is 9.05 Å². The minimum absolute atomic E-state index is 0.0596. The minimum atomic E-state index is -4.00. The molecule has 0 radical (unpaired) electrons. The third-order valence-corrected chi connectivity index (χ3v) is 3.55. The largest absolute Gasteiger partial charge is 0.264 e. The van der Waals surface area contributed by atoms with Crippen LogP contribution in [0.5, 0.6) is 0 Å². The van der Waals surface area contributed by atoms with Crippen LogP contribution in [0.1, 0.15) is 0 Å². The average molecular weight is 272 g/mol. The molecule has 0 atom stereocenters. The van der Waals surface area contributed by atoms with E-state index in [2.05, 4.69) is 4.98 Å². The molecule has 0 aliphatic rings. The molecule has 0 aliphatic carbocycles. The van der Waals surface area contributed by atoms with E-state index in [0.717, 1.165) is 0 Å². The Kier molecular flexibility index (Phi) is 3.13. The van der Waals surface area contributed by atoms with Crippen molar-refractivity contribution in [2.45, 2.75) is 4.90 Å². The third kappa shape index (κ3) is 2.45. The van der Waals surface area contributed by atoms with Crippen molar-refractivity contribution in [3.8, 4) is 11.1 Å². The van der Waals surface area contributed by atoms with Gasteiger partial charge >= 0.3 is 0 Å². The highest BCUT2D eigenvalue weighted by Gasteiger charge is 2.19.